The molecule has 0 aliphatic carbocycles. The second-order valence-electron chi connectivity index (χ2n) is 3.31. The number of nitrogens with one attached hydrogen (secondary N) is 2. The van der Waals surface area contributed by atoms with Crippen LogP contribution in [0.25, 0.3) is 0 Å². The zero-order chi connectivity index (χ0) is 12.4. The van der Waals surface area contributed by atoms with Gasteiger partial charge in [-0.15, -0.1) is 0 Å². The molecule has 0 bridgehead atoms. The minimum atomic E-state index is -0.278. The van der Waals surface area contributed by atoms with Gasteiger partial charge in [0.15, 0.2) is 0 Å². The molecule has 0 radical (unpaired) electrons. The summed E-state index contributed by atoms with van der Waals surface area (Å²) in [4.78, 5) is 14.5. The number of amides is 1. The van der Waals surface area contributed by atoms with Crippen LogP contribution in [0.15, 0.2) is 30.3 Å². The SMILES string of the molecule is O=C(Nc1ccc(I)cc1)c1cc(Cl)c(Cl)[nH]1. The number of carbonyl (C=O) groups is 1. The van der Waals surface area contributed by atoms with Gasteiger partial charge in [-0.05, 0) is 52.9 Å². The van der Waals surface area contributed by atoms with Crippen molar-refractivity contribution in [3.63, 3.8) is 0 Å². The summed E-state index contributed by atoms with van der Waals surface area (Å²) in [5, 5.41) is 3.33. The third kappa shape index (κ3) is 3.14. The van der Waals surface area contributed by atoms with Crippen LogP contribution in [0.1, 0.15) is 10.5 Å². The predicted molar refractivity (Wildman–Crippen MR) is 77.9 cm³/mol. The third-order valence-electron chi connectivity index (χ3n) is 2.07. The van der Waals surface area contributed by atoms with Crippen LogP contribution in [0.5, 0.6) is 0 Å². The van der Waals surface area contributed by atoms with Crippen molar-refractivity contribution in [2.75, 3.05) is 5.32 Å². The van der Waals surface area contributed by atoms with Crippen LogP contribution in [-0.4, -0.2) is 10.9 Å². The molecule has 0 aliphatic heterocycles. The van der Waals surface area contributed by atoms with Gasteiger partial charge in [-0.1, -0.05) is 23.2 Å². The average molecular weight is 381 g/mol. The molecule has 17 heavy (non-hydrogen) atoms. The first-order valence-electron chi connectivity index (χ1n) is 4.67. The number of benzene rings is 1. The molecule has 1 heterocycles. The van der Waals surface area contributed by atoms with Gasteiger partial charge in [0.2, 0.25) is 0 Å². The van der Waals surface area contributed by atoms with Gasteiger partial charge < -0.3 is 10.3 Å². The summed E-state index contributed by atoms with van der Waals surface area (Å²) >= 11 is 13.7. The molecule has 1 aromatic heterocycles. The van der Waals surface area contributed by atoms with E-state index in [0.29, 0.717) is 10.7 Å². The molecule has 0 fully saturated rings. The van der Waals surface area contributed by atoms with Crippen LogP contribution in [0.2, 0.25) is 10.2 Å². The van der Waals surface area contributed by atoms with Crippen molar-refractivity contribution in [3.05, 3.63) is 49.8 Å². The molecule has 1 aromatic carbocycles. The molecule has 0 unspecified atom stereocenters. The fraction of sp³-hybridized carbons (Fsp3) is 0. The zero-order valence-corrected chi connectivity index (χ0v) is 12.1. The minimum Gasteiger partial charge on any atom is -0.340 e. The molecular formula is C11H7Cl2IN2O. The van der Waals surface area contributed by atoms with Crippen LogP contribution in [0, 0.1) is 3.57 Å². The van der Waals surface area contributed by atoms with Crippen molar-refractivity contribution in [1.29, 1.82) is 0 Å². The molecule has 3 nitrogen and oxygen atoms in total. The number of halogens is 3. The molecular weight excluding hydrogens is 374 g/mol. The first-order valence-corrected chi connectivity index (χ1v) is 6.50. The number of carbonyl (C=O) groups excluding carboxylic acids is 1. The number of aromatic nitrogens is 1. The quantitative estimate of drug-likeness (QED) is 0.754. The van der Waals surface area contributed by atoms with E-state index < -0.39 is 0 Å². The standard InChI is InChI=1S/C11H7Cl2IN2O/c12-8-5-9(16-10(8)13)11(17)15-7-3-1-6(14)2-4-7/h1-5,16H,(H,15,17). The summed E-state index contributed by atoms with van der Waals surface area (Å²) in [7, 11) is 0. The highest BCUT2D eigenvalue weighted by Gasteiger charge is 2.11. The van der Waals surface area contributed by atoms with Crippen molar-refractivity contribution in [2.45, 2.75) is 0 Å². The summed E-state index contributed by atoms with van der Waals surface area (Å²) < 4.78 is 1.10. The van der Waals surface area contributed by atoms with Gasteiger partial charge in [-0.2, -0.15) is 0 Å². The van der Waals surface area contributed by atoms with E-state index in [1.165, 1.54) is 6.07 Å². The lowest BCUT2D eigenvalue weighted by Crippen LogP contribution is -2.12. The average Bonchev–Trinajstić information content (AvgIpc) is 2.63. The second kappa shape index (κ2) is 5.29. The van der Waals surface area contributed by atoms with Crippen LogP contribution in [0.3, 0.4) is 0 Å². The summed E-state index contributed by atoms with van der Waals surface area (Å²) in [6, 6.07) is 8.96. The Morgan fingerprint density at radius 3 is 2.41 bits per heavy atom. The van der Waals surface area contributed by atoms with Crippen molar-refractivity contribution in [1.82, 2.24) is 4.98 Å². The minimum absolute atomic E-state index is 0.263. The van der Waals surface area contributed by atoms with E-state index in [4.69, 9.17) is 23.2 Å². The lowest BCUT2D eigenvalue weighted by Gasteiger charge is -2.03. The lowest BCUT2D eigenvalue weighted by atomic mass is 10.3. The molecule has 1 amide bonds. The van der Waals surface area contributed by atoms with Crippen molar-refractivity contribution in [2.24, 2.45) is 0 Å². The van der Waals surface area contributed by atoms with E-state index in [2.05, 4.69) is 32.9 Å². The Bertz CT molecular complexity index is 532. The largest absolute Gasteiger partial charge is 0.340 e. The summed E-state index contributed by atoms with van der Waals surface area (Å²) in [5.74, 6) is -0.278. The smallest absolute Gasteiger partial charge is 0.272 e. The summed E-state index contributed by atoms with van der Waals surface area (Å²) in [6.07, 6.45) is 0. The Kier molecular flexibility index (Phi) is 3.96. The number of hydrogen-bond acceptors (Lipinski definition) is 1. The van der Waals surface area contributed by atoms with Gasteiger partial charge in [0.1, 0.15) is 10.8 Å². The molecule has 6 heteroatoms. The molecule has 0 spiro atoms. The second-order valence-corrected chi connectivity index (χ2v) is 5.34. The Hall–Kier alpha value is -0.720. The van der Waals surface area contributed by atoms with Crippen molar-refractivity contribution < 1.29 is 4.79 Å². The third-order valence-corrected chi connectivity index (χ3v) is 3.48. The summed E-state index contributed by atoms with van der Waals surface area (Å²) in [5.41, 5.74) is 1.05. The van der Waals surface area contributed by atoms with Gasteiger partial charge in [0.05, 0.1) is 5.02 Å². The maximum Gasteiger partial charge on any atom is 0.272 e. The molecule has 0 aliphatic rings. The molecule has 2 rings (SSSR count). The normalized spacial score (nSPS) is 10.3. The predicted octanol–water partition coefficient (Wildman–Crippen LogP) is 4.18. The summed E-state index contributed by atoms with van der Waals surface area (Å²) in [6.45, 7) is 0. The lowest BCUT2D eigenvalue weighted by molar-refractivity contribution is 0.102. The highest BCUT2D eigenvalue weighted by Crippen LogP contribution is 2.22. The van der Waals surface area contributed by atoms with E-state index in [9.17, 15) is 4.79 Å². The van der Waals surface area contributed by atoms with E-state index in [0.717, 1.165) is 9.26 Å². The highest BCUT2D eigenvalue weighted by atomic mass is 127. The Morgan fingerprint density at radius 1 is 1.24 bits per heavy atom. The number of H-pyrrole nitrogens is 1. The Balaban J connectivity index is 2.14. The maximum absolute atomic E-state index is 11.8. The van der Waals surface area contributed by atoms with Gasteiger partial charge in [0, 0.05) is 9.26 Å². The molecule has 2 aromatic rings. The van der Waals surface area contributed by atoms with Gasteiger partial charge in [-0.25, -0.2) is 0 Å². The highest BCUT2D eigenvalue weighted by molar-refractivity contribution is 14.1. The Morgan fingerprint density at radius 2 is 1.88 bits per heavy atom. The monoisotopic (exact) mass is 380 g/mol. The van der Waals surface area contributed by atoms with Gasteiger partial charge in [-0.3, -0.25) is 4.79 Å². The van der Waals surface area contributed by atoms with E-state index in [-0.39, 0.29) is 11.1 Å². The first-order chi connectivity index (χ1) is 8.06. The number of hydrogen-bond donors (Lipinski definition) is 2. The number of aromatic amines is 1. The van der Waals surface area contributed by atoms with E-state index in [1.807, 2.05) is 24.3 Å². The number of rotatable bonds is 2. The molecule has 0 saturated carbocycles. The maximum atomic E-state index is 11.8. The zero-order valence-electron chi connectivity index (χ0n) is 8.43. The van der Waals surface area contributed by atoms with Crippen LogP contribution < -0.4 is 5.32 Å². The van der Waals surface area contributed by atoms with E-state index in [1.54, 1.807) is 0 Å². The fourth-order valence-electron chi connectivity index (χ4n) is 1.26. The molecule has 0 atom stereocenters. The van der Waals surface area contributed by atoms with Crippen molar-refractivity contribution in [3.8, 4) is 0 Å². The van der Waals surface area contributed by atoms with Crippen LogP contribution in [0.4, 0.5) is 5.69 Å². The fourth-order valence-corrected chi connectivity index (χ4v) is 1.93. The number of anilines is 1. The van der Waals surface area contributed by atoms with Crippen molar-refractivity contribution >= 4 is 57.4 Å². The molecule has 2 N–H and O–H groups in total. The molecule has 88 valence electrons. The van der Waals surface area contributed by atoms with E-state index >= 15 is 0 Å². The first kappa shape index (κ1) is 12.7. The van der Waals surface area contributed by atoms with Gasteiger partial charge >= 0.3 is 0 Å². The van der Waals surface area contributed by atoms with Gasteiger partial charge in [0.25, 0.3) is 5.91 Å². The van der Waals surface area contributed by atoms with Crippen LogP contribution >= 0.6 is 45.8 Å². The Labute approximate surface area is 122 Å². The molecule has 0 saturated heterocycles. The topological polar surface area (TPSA) is 44.9 Å². The van der Waals surface area contributed by atoms with Crippen LogP contribution in [-0.2, 0) is 0 Å².